The minimum Gasteiger partial charge on any atom is -0.504 e. The Hall–Kier alpha value is -1.91. The van der Waals surface area contributed by atoms with Gasteiger partial charge in [0.15, 0.2) is 11.5 Å². The van der Waals surface area contributed by atoms with Gasteiger partial charge in [0.2, 0.25) is 0 Å². The van der Waals surface area contributed by atoms with Crippen LogP contribution in [0.5, 0.6) is 11.5 Å². The summed E-state index contributed by atoms with van der Waals surface area (Å²) in [6, 6.07) is 3.90. The lowest BCUT2D eigenvalue weighted by atomic mass is 9.96. The molecular weight excluding hydrogens is 336 g/mol. The fourth-order valence-corrected chi connectivity index (χ4v) is 2.42. The molecule has 1 aliphatic rings. The number of aliphatic hydroxyl groups excluding tert-OH is 3. The lowest BCUT2D eigenvalue weighted by Gasteiger charge is -2.43. The Balaban J connectivity index is 2.34. The number of esters is 1. The van der Waals surface area contributed by atoms with E-state index in [1.54, 1.807) is 13.8 Å². The molecule has 0 aromatic heterocycles. The normalized spacial score (nSPS) is 29.5. The fraction of sp³-hybridized carbons (Fsp3) is 0.562. The van der Waals surface area contributed by atoms with E-state index >= 15 is 0 Å². The molecule has 0 amide bonds. The van der Waals surface area contributed by atoms with Crippen molar-refractivity contribution in [3.05, 3.63) is 23.8 Å². The van der Waals surface area contributed by atoms with Gasteiger partial charge in [-0.3, -0.25) is 0 Å². The van der Waals surface area contributed by atoms with Crippen LogP contribution in [0.4, 0.5) is 0 Å². The maximum absolute atomic E-state index is 12.0. The van der Waals surface area contributed by atoms with Gasteiger partial charge in [0, 0.05) is 0 Å². The van der Waals surface area contributed by atoms with E-state index in [4.69, 9.17) is 14.2 Å². The summed E-state index contributed by atoms with van der Waals surface area (Å²) in [6.45, 7) is 2.25. The fourth-order valence-electron chi connectivity index (χ4n) is 2.42. The Kier molecular flexibility index (Phi) is 5.86. The van der Waals surface area contributed by atoms with Crippen LogP contribution in [0, 0.1) is 0 Å². The third kappa shape index (κ3) is 3.86. The number of ether oxygens (including phenoxy) is 3. The number of hydrogen-bond acceptors (Lipinski definition) is 9. The summed E-state index contributed by atoms with van der Waals surface area (Å²) in [5, 5.41) is 49.9. The highest BCUT2D eigenvalue weighted by Crippen LogP contribution is 2.36. The van der Waals surface area contributed by atoms with E-state index < -0.39 is 48.5 Å². The molecule has 1 heterocycles. The Labute approximate surface area is 144 Å². The van der Waals surface area contributed by atoms with E-state index in [-0.39, 0.29) is 17.9 Å². The second-order valence-electron chi connectivity index (χ2n) is 5.98. The van der Waals surface area contributed by atoms with Gasteiger partial charge in [0.25, 0.3) is 5.79 Å². The zero-order valence-electron chi connectivity index (χ0n) is 13.8. The summed E-state index contributed by atoms with van der Waals surface area (Å²) >= 11 is 0. The largest absolute Gasteiger partial charge is 0.504 e. The summed E-state index contributed by atoms with van der Waals surface area (Å²) in [4.78, 5) is 12.0. The smallest absolute Gasteiger partial charge is 0.342 e. The maximum Gasteiger partial charge on any atom is 0.342 e. The number of aromatic hydroxyl groups is 1. The van der Waals surface area contributed by atoms with Crippen molar-refractivity contribution in [3.63, 3.8) is 0 Å². The second kappa shape index (κ2) is 7.54. The van der Waals surface area contributed by atoms with Crippen molar-refractivity contribution >= 4 is 5.97 Å². The number of carbonyl (C=O) groups is 1. The molecule has 0 unspecified atom stereocenters. The number of hydrogen-bond donors (Lipinski definition) is 5. The van der Waals surface area contributed by atoms with Gasteiger partial charge in [0.1, 0.15) is 23.9 Å². The average molecular weight is 358 g/mol. The first-order valence-corrected chi connectivity index (χ1v) is 7.73. The van der Waals surface area contributed by atoms with Crippen LogP contribution in [0.2, 0.25) is 0 Å². The monoisotopic (exact) mass is 358 g/mol. The molecule has 0 bridgehead atoms. The first-order chi connectivity index (χ1) is 11.7. The summed E-state index contributed by atoms with van der Waals surface area (Å²) in [7, 11) is 0. The molecule has 25 heavy (non-hydrogen) atoms. The predicted octanol–water partition coefficient (Wildman–Crippen LogP) is -0.862. The van der Waals surface area contributed by atoms with Crippen molar-refractivity contribution in [2.75, 3.05) is 13.2 Å². The van der Waals surface area contributed by atoms with Crippen LogP contribution in [0.15, 0.2) is 18.2 Å². The number of phenolic OH excluding ortho intramolecular Hbond substituents is 1. The molecule has 1 aromatic rings. The number of benzene rings is 1. The number of rotatable bonds is 5. The van der Waals surface area contributed by atoms with Gasteiger partial charge in [-0.15, -0.1) is 0 Å². The standard InChI is InChI=1S/C16H22O9/c1-8(2)24-15(21)9-4-3-5-11(13(9)19)25-16(22)12(6-17)23-7-10(18)14(16)20/h3-5,8,10,12,14,17-20,22H,6-7H2,1-2H3/t10-,12+,14+,16+/m0/s1. The molecule has 1 aromatic carbocycles. The molecule has 1 aliphatic heterocycles. The van der Waals surface area contributed by atoms with Crippen molar-refractivity contribution in [3.8, 4) is 11.5 Å². The van der Waals surface area contributed by atoms with Gasteiger partial charge in [-0.25, -0.2) is 4.79 Å². The Bertz CT molecular complexity index is 614. The van der Waals surface area contributed by atoms with E-state index in [0.717, 1.165) is 0 Å². The number of para-hydroxylation sites is 1. The minimum atomic E-state index is -2.54. The van der Waals surface area contributed by atoms with Crippen LogP contribution in [0.25, 0.3) is 0 Å². The van der Waals surface area contributed by atoms with Crippen LogP contribution < -0.4 is 4.74 Å². The van der Waals surface area contributed by atoms with Crippen molar-refractivity contribution < 1.29 is 44.5 Å². The third-order valence-corrected chi connectivity index (χ3v) is 3.72. The number of phenols is 1. The van der Waals surface area contributed by atoms with Gasteiger partial charge in [-0.1, -0.05) is 6.07 Å². The molecule has 1 fully saturated rings. The first kappa shape index (κ1) is 19.4. The van der Waals surface area contributed by atoms with E-state index in [9.17, 15) is 30.3 Å². The molecule has 2 rings (SSSR count). The van der Waals surface area contributed by atoms with E-state index in [1.165, 1.54) is 18.2 Å². The van der Waals surface area contributed by atoms with Crippen LogP contribution >= 0.6 is 0 Å². The van der Waals surface area contributed by atoms with Gasteiger partial charge >= 0.3 is 5.97 Å². The summed E-state index contributed by atoms with van der Waals surface area (Å²) in [6.07, 6.45) is -5.08. The van der Waals surface area contributed by atoms with Gasteiger partial charge in [-0.05, 0) is 26.0 Å². The maximum atomic E-state index is 12.0. The van der Waals surface area contributed by atoms with E-state index in [0.29, 0.717) is 0 Å². The molecule has 5 N–H and O–H groups in total. The summed E-state index contributed by atoms with van der Waals surface area (Å²) in [5.74, 6) is -4.31. The highest BCUT2D eigenvalue weighted by molar-refractivity contribution is 5.93. The second-order valence-corrected chi connectivity index (χ2v) is 5.98. The minimum absolute atomic E-state index is 0.206. The first-order valence-electron chi connectivity index (χ1n) is 7.73. The third-order valence-electron chi connectivity index (χ3n) is 3.72. The van der Waals surface area contributed by atoms with Gasteiger partial charge in [0.05, 0.1) is 19.3 Å². The molecule has 9 heteroatoms. The van der Waals surface area contributed by atoms with Crippen molar-refractivity contribution in [2.24, 2.45) is 0 Å². The van der Waals surface area contributed by atoms with Crippen molar-refractivity contribution in [1.82, 2.24) is 0 Å². The zero-order valence-corrected chi connectivity index (χ0v) is 13.8. The molecule has 0 aliphatic carbocycles. The highest BCUT2D eigenvalue weighted by Gasteiger charge is 2.53. The van der Waals surface area contributed by atoms with Gasteiger partial charge in [-0.2, -0.15) is 0 Å². The predicted molar refractivity (Wildman–Crippen MR) is 83.1 cm³/mol. The quantitative estimate of drug-likeness (QED) is 0.335. The molecule has 1 saturated heterocycles. The van der Waals surface area contributed by atoms with Crippen molar-refractivity contribution in [2.45, 2.75) is 44.1 Å². The summed E-state index contributed by atoms with van der Waals surface area (Å²) in [5.41, 5.74) is -0.206. The van der Waals surface area contributed by atoms with Crippen LogP contribution in [-0.4, -0.2) is 74.9 Å². The van der Waals surface area contributed by atoms with Crippen LogP contribution in [-0.2, 0) is 9.47 Å². The molecule has 0 spiro atoms. The molecule has 0 radical (unpaired) electrons. The average Bonchev–Trinajstić information content (AvgIpc) is 2.54. The molecular formula is C16H22O9. The lowest BCUT2D eigenvalue weighted by molar-refractivity contribution is -0.323. The Morgan fingerprint density at radius 2 is 2.08 bits per heavy atom. The zero-order chi connectivity index (χ0) is 18.8. The van der Waals surface area contributed by atoms with Crippen molar-refractivity contribution in [1.29, 1.82) is 0 Å². The van der Waals surface area contributed by atoms with Crippen LogP contribution in [0.3, 0.4) is 0 Å². The number of carbonyl (C=O) groups excluding carboxylic acids is 1. The number of aliphatic hydroxyl groups is 4. The van der Waals surface area contributed by atoms with E-state index in [2.05, 4.69) is 0 Å². The highest BCUT2D eigenvalue weighted by atomic mass is 16.7. The Morgan fingerprint density at radius 1 is 1.40 bits per heavy atom. The van der Waals surface area contributed by atoms with Crippen LogP contribution in [0.1, 0.15) is 24.2 Å². The molecule has 140 valence electrons. The lowest BCUT2D eigenvalue weighted by Crippen LogP contribution is -2.67. The molecule has 0 saturated carbocycles. The molecule has 4 atom stereocenters. The summed E-state index contributed by atoms with van der Waals surface area (Å²) < 4.78 is 15.3. The SMILES string of the molecule is CC(C)OC(=O)c1cccc(O[C@@]2(O)[C@H](O)[C@@H](O)CO[C@@H]2CO)c1O. The van der Waals surface area contributed by atoms with E-state index in [1.807, 2.05) is 0 Å². The van der Waals surface area contributed by atoms with Gasteiger partial charge < -0.3 is 39.7 Å². The Morgan fingerprint density at radius 3 is 2.68 bits per heavy atom. The molecule has 9 nitrogen and oxygen atoms in total. The topological polar surface area (TPSA) is 146 Å².